The average molecular weight is 410 g/mol. The van der Waals surface area contributed by atoms with Gasteiger partial charge in [-0.1, -0.05) is 6.07 Å². The van der Waals surface area contributed by atoms with E-state index in [-0.39, 0.29) is 18.2 Å². The van der Waals surface area contributed by atoms with Gasteiger partial charge in [0.25, 0.3) is 0 Å². The summed E-state index contributed by atoms with van der Waals surface area (Å²) >= 11 is 5.67. The van der Waals surface area contributed by atoms with E-state index < -0.39 is 0 Å². The molecule has 4 rings (SSSR count). The van der Waals surface area contributed by atoms with Crippen LogP contribution < -0.4 is 5.32 Å². The lowest BCUT2D eigenvalue weighted by Crippen LogP contribution is -2.15. The third kappa shape index (κ3) is 3.58. The summed E-state index contributed by atoms with van der Waals surface area (Å²) in [6.07, 6.45) is 3.40. The molecule has 3 heterocycles. The molecule has 1 N–H and O–H groups in total. The summed E-state index contributed by atoms with van der Waals surface area (Å²) in [6, 6.07) is 7.92. The van der Waals surface area contributed by atoms with E-state index >= 15 is 0 Å². The van der Waals surface area contributed by atoms with Crippen molar-refractivity contribution >= 4 is 34.4 Å². The van der Waals surface area contributed by atoms with Gasteiger partial charge in [0.2, 0.25) is 5.91 Å². The maximum Gasteiger partial charge on any atom is 0.226 e. The summed E-state index contributed by atoms with van der Waals surface area (Å²) in [5.41, 5.74) is 4.71. The van der Waals surface area contributed by atoms with E-state index in [0.717, 1.165) is 16.8 Å². The number of hydrogen-bond acceptors (Lipinski definition) is 5. The van der Waals surface area contributed by atoms with Gasteiger partial charge in [-0.2, -0.15) is 14.9 Å². The van der Waals surface area contributed by atoms with Crippen LogP contribution in [0.1, 0.15) is 23.2 Å². The second kappa shape index (κ2) is 7.63. The van der Waals surface area contributed by atoms with Crippen LogP contribution in [0.5, 0.6) is 0 Å². The Hall–Kier alpha value is -3.26. The third-order valence-electron chi connectivity index (χ3n) is 4.70. The fourth-order valence-corrected chi connectivity index (χ4v) is 3.26. The van der Waals surface area contributed by atoms with Crippen molar-refractivity contribution in [3.05, 3.63) is 53.6 Å². The van der Waals surface area contributed by atoms with E-state index in [0.29, 0.717) is 17.3 Å². The summed E-state index contributed by atoms with van der Waals surface area (Å²) in [6.45, 7) is 5.98. The molecular formula is C20H20ClN7O. The maximum absolute atomic E-state index is 12.0. The predicted molar refractivity (Wildman–Crippen MR) is 112 cm³/mol. The van der Waals surface area contributed by atoms with Crippen molar-refractivity contribution in [2.24, 2.45) is 0 Å². The zero-order valence-corrected chi connectivity index (χ0v) is 17.1. The van der Waals surface area contributed by atoms with E-state index in [9.17, 15) is 4.79 Å². The molecule has 8 nitrogen and oxygen atoms in total. The smallest absolute Gasteiger partial charge is 0.226 e. The average Bonchev–Trinajstić information content (AvgIpc) is 3.27. The highest BCUT2D eigenvalue weighted by Gasteiger charge is 2.17. The number of carbonyl (C=O) groups is 1. The number of nitrogens with zero attached hydrogens (tertiary/aromatic N) is 6. The summed E-state index contributed by atoms with van der Waals surface area (Å²) in [4.78, 5) is 20.9. The van der Waals surface area contributed by atoms with Crippen LogP contribution in [-0.2, 0) is 4.79 Å². The monoisotopic (exact) mass is 409 g/mol. The highest BCUT2D eigenvalue weighted by atomic mass is 35.5. The Bertz CT molecular complexity index is 1210. The zero-order valence-electron chi connectivity index (χ0n) is 16.3. The molecule has 0 spiro atoms. The van der Waals surface area contributed by atoms with Gasteiger partial charge in [0, 0.05) is 18.4 Å². The molecule has 1 aromatic carbocycles. The Labute approximate surface area is 172 Å². The second-order valence-corrected chi connectivity index (χ2v) is 7.21. The number of carbonyl (C=O) groups excluding carboxylic acids is 1. The van der Waals surface area contributed by atoms with Crippen molar-refractivity contribution in [1.29, 1.82) is 0 Å². The highest BCUT2D eigenvalue weighted by Crippen LogP contribution is 2.25. The molecule has 0 aliphatic heterocycles. The predicted octanol–water partition coefficient (Wildman–Crippen LogP) is 3.49. The highest BCUT2D eigenvalue weighted by molar-refractivity contribution is 6.19. The lowest BCUT2D eigenvalue weighted by Gasteiger charge is -2.09. The molecule has 0 fully saturated rings. The van der Waals surface area contributed by atoms with Gasteiger partial charge in [0.05, 0.1) is 23.0 Å². The van der Waals surface area contributed by atoms with E-state index in [1.54, 1.807) is 21.6 Å². The molecule has 148 valence electrons. The standard InChI is InChI=1S/C20H20ClN7O/c1-12-4-5-15(8-13(12)2)27-19-16(10-24-27)20(23-11-22-19)28-17(9-14(3)26-28)25-18(29)6-7-21/h4-5,8-11H,6-7H2,1-3H3,(H,25,29). The number of aryl methyl sites for hydroxylation is 3. The molecule has 0 saturated heterocycles. The first-order valence-electron chi connectivity index (χ1n) is 9.17. The first kappa shape index (κ1) is 19.1. The van der Waals surface area contributed by atoms with Crippen molar-refractivity contribution in [3.63, 3.8) is 0 Å². The van der Waals surface area contributed by atoms with Crippen LogP contribution in [0.2, 0.25) is 0 Å². The Kier molecular flexibility index (Phi) is 5.02. The molecule has 3 aromatic heterocycles. The van der Waals surface area contributed by atoms with Gasteiger partial charge in [0.1, 0.15) is 12.1 Å². The van der Waals surface area contributed by atoms with Gasteiger partial charge in [0.15, 0.2) is 11.5 Å². The van der Waals surface area contributed by atoms with Crippen LogP contribution >= 0.6 is 11.6 Å². The molecule has 0 aliphatic carbocycles. The second-order valence-electron chi connectivity index (χ2n) is 6.83. The number of rotatable bonds is 5. The molecule has 9 heteroatoms. The summed E-state index contributed by atoms with van der Waals surface area (Å²) < 4.78 is 3.37. The van der Waals surface area contributed by atoms with Crippen LogP contribution in [0.4, 0.5) is 5.82 Å². The van der Waals surface area contributed by atoms with Gasteiger partial charge in [-0.3, -0.25) is 4.79 Å². The lowest BCUT2D eigenvalue weighted by atomic mass is 10.1. The molecule has 0 saturated carbocycles. The minimum Gasteiger partial charge on any atom is -0.310 e. The number of halogens is 1. The van der Waals surface area contributed by atoms with Crippen LogP contribution in [0.25, 0.3) is 22.5 Å². The molecule has 0 unspecified atom stereocenters. The Morgan fingerprint density at radius 1 is 1.10 bits per heavy atom. The number of anilines is 1. The van der Waals surface area contributed by atoms with E-state index in [1.807, 2.05) is 13.0 Å². The fourth-order valence-electron chi connectivity index (χ4n) is 3.09. The molecule has 4 aromatic rings. The first-order valence-corrected chi connectivity index (χ1v) is 9.70. The minimum atomic E-state index is -0.183. The molecule has 29 heavy (non-hydrogen) atoms. The number of fused-ring (bicyclic) bond motifs is 1. The van der Waals surface area contributed by atoms with E-state index in [1.165, 1.54) is 17.5 Å². The number of amides is 1. The van der Waals surface area contributed by atoms with Crippen molar-refractivity contribution in [3.8, 4) is 11.5 Å². The third-order valence-corrected chi connectivity index (χ3v) is 4.89. The van der Waals surface area contributed by atoms with Crippen LogP contribution in [0.3, 0.4) is 0 Å². The first-order chi connectivity index (χ1) is 14.0. The van der Waals surface area contributed by atoms with Gasteiger partial charge < -0.3 is 5.32 Å². The molecular weight excluding hydrogens is 390 g/mol. The summed E-state index contributed by atoms with van der Waals surface area (Å²) in [5, 5.41) is 12.6. The van der Waals surface area contributed by atoms with Crippen molar-refractivity contribution in [2.45, 2.75) is 27.2 Å². The maximum atomic E-state index is 12.0. The number of alkyl halides is 1. The number of benzene rings is 1. The zero-order chi connectivity index (χ0) is 20.5. The van der Waals surface area contributed by atoms with Crippen LogP contribution in [0, 0.1) is 20.8 Å². The summed E-state index contributed by atoms with van der Waals surface area (Å²) in [7, 11) is 0. The van der Waals surface area contributed by atoms with Gasteiger partial charge in [-0.25, -0.2) is 14.6 Å². The van der Waals surface area contributed by atoms with Gasteiger partial charge >= 0.3 is 0 Å². The fraction of sp³-hybridized carbons (Fsp3) is 0.250. The van der Waals surface area contributed by atoms with Crippen molar-refractivity contribution in [1.82, 2.24) is 29.5 Å². The van der Waals surface area contributed by atoms with Gasteiger partial charge in [-0.05, 0) is 44.0 Å². The quantitative estimate of drug-likeness (QED) is 0.509. The Morgan fingerprint density at radius 2 is 1.93 bits per heavy atom. The van der Waals surface area contributed by atoms with Crippen LogP contribution in [0.15, 0.2) is 36.8 Å². The normalized spacial score (nSPS) is 11.2. The van der Waals surface area contributed by atoms with E-state index in [2.05, 4.69) is 51.5 Å². The molecule has 0 aliphatic rings. The molecule has 0 atom stereocenters. The molecule has 1 amide bonds. The number of aromatic nitrogens is 6. The van der Waals surface area contributed by atoms with E-state index in [4.69, 9.17) is 11.6 Å². The van der Waals surface area contributed by atoms with Gasteiger partial charge in [-0.15, -0.1) is 11.6 Å². The van der Waals surface area contributed by atoms with Crippen LogP contribution in [-0.4, -0.2) is 41.3 Å². The topological polar surface area (TPSA) is 90.5 Å². The minimum absolute atomic E-state index is 0.183. The number of hydrogen-bond donors (Lipinski definition) is 1. The lowest BCUT2D eigenvalue weighted by molar-refractivity contribution is -0.115. The molecule has 0 bridgehead atoms. The largest absolute Gasteiger partial charge is 0.310 e. The van der Waals surface area contributed by atoms with Crippen molar-refractivity contribution in [2.75, 3.05) is 11.2 Å². The van der Waals surface area contributed by atoms with Crippen molar-refractivity contribution < 1.29 is 4.79 Å². The number of nitrogens with one attached hydrogen (secondary N) is 1. The SMILES string of the molecule is Cc1cc(NC(=O)CCCl)n(-c2ncnc3c2cnn3-c2ccc(C)c(C)c2)n1. The Balaban J connectivity index is 1.82. The Morgan fingerprint density at radius 3 is 2.69 bits per heavy atom. The summed E-state index contributed by atoms with van der Waals surface area (Å²) in [5.74, 6) is 1.13. The molecule has 0 radical (unpaired) electrons.